The van der Waals surface area contributed by atoms with Crippen molar-refractivity contribution in [3.05, 3.63) is 40.6 Å². The number of ether oxygens (including phenoxy) is 1. The number of benzene rings is 2. The van der Waals surface area contributed by atoms with Gasteiger partial charge in [-0.25, -0.2) is 9.78 Å². The highest BCUT2D eigenvalue weighted by Crippen LogP contribution is 2.43. The summed E-state index contributed by atoms with van der Waals surface area (Å²) in [5.74, 6) is 1.72. The number of halogens is 1. The van der Waals surface area contributed by atoms with Crippen LogP contribution in [0.5, 0.6) is 0 Å². The zero-order valence-corrected chi connectivity index (χ0v) is 19.7. The number of hydrogen-bond donors (Lipinski definition) is 1. The minimum atomic E-state index is -0.520. The molecule has 2 unspecified atom stereocenters. The molecule has 0 spiro atoms. The van der Waals surface area contributed by atoms with Crippen LogP contribution in [0.15, 0.2) is 34.8 Å². The maximum Gasteiger partial charge on any atom is 0.410 e. The van der Waals surface area contributed by atoms with Gasteiger partial charge in [-0.05, 0) is 56.2 Å². The zero-order chi connectivity index (χ0) is 22.2. The minimum Gasteiger partial charge on any atom is -0.444 e. The Morgan fingerprint density at radius 1 is 1.20 bits per heavy atom. The number of aromatic nitrogens is 2. The molecule has 1 amide bonds. The summed E-state index contributed by atoms with van der Waals surface area (Å²) in [7, 11) is 0. The van der Waals surface area contributed by atoms with Gasteiger partial charge < -0.3 is 9.72 Å². The van der Waals surface area contributed by atoms with E-state index in [0.29, 0.717) is 18.4 Å². The summed E-state index contributed by atoms with van der Waals surface area (Å²) in [4.78, 5) is 22.9. The van der Waals surface area contributed by atoms with E-state index in [1.54, 1.807) is 0 Å². The first-order valence-corrected chi connectivity index (χ1v) is 10.8. The van der Waals surface area contributed by atoms with E-state index in [0.717, 1.165) is 32.1 Å². The van der Waals surface area contributed by atoms with E-state index in [4.69, 9.17) is 9.72 Å². The van der Waals surface area contributed by atoms with Crippen molar-refractivity contribution in [3.63, 3.8) is 0 Å². The lowest BCUT2D eigenvalue weighted by atomic mass is 10.1. The van der Waals surface area contributed by atoms with Crippen LogP contribution in [0.4, 0.5) is 4.79 Å². The summed E-state index contributed by atoms with van der Waals surface area (Å²) in [6.07, 6.45) is 7.72. The van der Waals surface area contributed by atoms with E-state index >= 15 is 0 Å². The molecule has 1 heterocycles. The highest BCUT2D eigenvalue weighted by Gasteiger charge is 2.50. The Labute approximate surface area is 186 Å². The molecule has 1 aliphatic carbocycles. The molecule has 0 radical (unpaired) electrons. The van der Waals surface area contributed by atoms with Gasteiger partial charge in [-0.3, -0.25) is 4.90 Å². The fourth-order valence-corrected chi connectivity index (χ4v) is 4.26. The summed E-state index contributed by atoms with van der Waals surface area (Å²) < 4.78 is 6.71. The number of rotatable bonds is 3. The van der Waals surface area contributed by atoms with Gasteiger partial charge in [0.15, 0.2) is 0 Å². The van der Waals surface area contributed by atoms with Gasteiger partial charge >= 0.3 is 6.09 Å². The van der Waals surface area contributed by atoms with Crippen LogP contribution in [0.2, 0.25) is 0 Å². The first-order chi connectivity index (χ1) is 14.1. The number of carbonyl (C=O) groups is 1. The zero-order valence-electron chi connectivity index (χ0n) is 18.1. The number of nitrogens with one attached hydrogen (secondary N) is 1. The van der Waals surface area contributed by atoms with Crippen LogP contribution in [0.1, 0.15) is 40.4 Å². The maximum absolute atomic E-state index is 12.9. The second-order valence-electron chi connectivity index (χ2n) is 8.83. The number of hydrogen-bond acceptors (Lipinski definition) is 3. The fourth-order valence-electron chi connectivity index (χ4n) is 3.88. The normalized spacial score (nSPS) is 20.5. The van der Waals surface area contributed by atoms with Crippen molar-refractivity contribution in [1.29, 1.82) is 0 Å². The first-order valence-electron chi connectivity index (χ1n) is 10.0. The van der Waals surface area contributed by atoms with Crippen molar-refractivity contribution < 1.29 is 9.53 Å². The molecule has 2 aromatic carbocycles. The van der Waals surface area contributed by atoms with Crippen LogP contribution < -0.4 is 0 Å². The number of H-pyrrole nitrogens is 1. The molecule has 0 aliphatic heterocycles. The van der Waals surface area contributed by atoms with E-state index in [9.17, 15) is 4.79 Å². The molecule has 0 bridgehead atoms. The van der Waals surface area contributed by atoms with Gasteiger partial charge in [0.1, 0.15) is 11.4 Å². The van der Waals surface area contributed by atoms with Gasteiger partial charge in [0.2, 0.25) is 0 Å². The molecule has 1 fully saturated rings. The molecular formula is C24H28BrN3O2. The number of terminal acetylenes is 1. The average Bonchev–Trinajstić information content (AvgIpc) is 3.08. The lowest BCUT2D eigenvalue weighted by Crippen LogP contribution is -2.39. The van der Waals surface area contributed by atoms with E-state index in [1.165, 1.54) is 0 Å². The minimum absolute atomic E-state index is 0.191. The Hall–Kier alpha value is -2.52. The van der Waals surface area contributed by atoms with E-state index in [1.807, 2.05) is 37.8 Å². The molecule has 1 aromatic heterocycles. The monoisotopic (exact) mass is 469 g/mol. The van der Waals surface area contributed by atoms with Crippen LogP contribution in [-0.2, 0) is 11.3 Å². The van der Waals surface area contributed by atoms with Gasteiger partial charge in [-0.1, -0.05) is 41.9 Å². The molecule has 6 heteroatoms. The van der Waals surface area contributed by atoms with Crippen molar-refractivity contribution in [1.82, 2.24) is 14.9 Å². The van der Waals surface area contributed by atoms with Gasteiger partial charge in [0.05, 0.1) is 17.6 Å². The third-order valence-electron chi connectivity index (χ3n) is 5.55. The van der Waals surface area contributed by atoms with Crippen molar-refractivity contribution in [2.24, 2.45) is 11.8 Å². The topological polar surface area (TPSA) is 58.2 Å². The number of amides is 1. The van der Waals surface area contributed by atoms with Crippen LogP contribution in [0.25, 0.3) is 21.8 Å². The molecule has 0 saturated heterocycles. The van der Waals surface area contributed by atoms with Crippen LogP contribution in [0.3, 0.4) is 0 Å². The van der Waals surface area contributed by atoms with Gasteiger partial charge in [-0.2, -0.15) is 0 Å². The predicted octanol–water partition coefficient (Wildman–Crippen LogP) is 6.12. The standard InChI is InChI=1S/C22H26BrN3O2.C2H2/c1-12-13(2)20(12)26(21(27)28-22(3,4)5)11-18-24-17-9-6-14-10-15(23)7-8-16(14)19(17)25-18;1-2/h6-10,12-13,20H,11H2,1-5H3,(H,24,25);1-2H/t12-,13?,20?;/m1./s1. The molecule has 1 aliphatic rings. The Bertz CT molecular complexity index is 1090. The maximum atomic E-state index is 12.9. The summed E-state index contributed by atoms with van der Waals surface area (Å²) >= 11 is 3.52. The molecule has 3 atom stereocenters. The summed E-state index contributed by atoms with van der Waals surface area (Å²) in [6, 6.07) is 10.5. The van der Waals surface area contributed by atoms with E-state index in [2.05, 4.69) is 65.8 Å². The highest BCUT2D eigenvalue weighted by molar-refractivity contribution is 9.10. The number of imidazole rings is 1. The molecule has 1 N–H and O–H groups in total. The SMILES string of the molecule is C#C.CC1C(N(Cc2nc3c(ccc4cc(Br)ccc43)[nH]2)C(=O)OC(C)(C)C)[C@@H]1C. The quantitative estimate of drug-likeness (QED) is 0.470. The van der Waals surface area contributed by atoms with E-state index < -0.39 is 5.60 Å². The average molecular weight is 470 g/mol. The largest absolute Gasteiger partial charge is 0.444 e. The smallest absolute Gasteiger partial charge is 0.410 e. The molecule has 1 saturated carbocycles. The molecule has 158 valence electrons. The third-order valence-corrected chi connectivity index (χ3v) is 6.05. The highest BCUT2D eigenvalue weighted by atomic mass is 79.9. The predicted molar refractivity (Wildman–Crippen MR) is 125 cm³/mol. The number of fused-ring (bicyclic) bond motifs is 3. The Morgan fingerprint density at radius 3 is 2.47 bits per heavy atom. The lowest BCUT2D eigenvalue weighted by Gasteiger charge is -2.27. The molecular weight excluding hydrogens is 442 g/mol. The third kappa shape index (κ3) is 4.46. The lowest BCUT2D eigenvalue weighted by molar-refractivity contribution is 0.0195. The molecule has 30 heavy (non-hydrogen) atoms. The number of aromatic amines is 1. The molecule has 4 rings (SSSR count). The summed E-state index contributed by atoms with van der Waals surface area (Å²) in [5.41, 5.74) is 1.39. The fraction of sp³-hybridized carbons (Fsp3) is 0.417. The summed E-state index contributed by atoms with van der Waals surface area (Å²) in [6.45, 7) is 10.5. The molecule has 3 aromatic rings. The van der Waals surface area contributed by atoms with Gasteiger partial charge in [0, 0.05) is 15.9 Å². The second-order valence-corrected chi connectivity index (χ2v) is 9.74. The van der Waals surface area contributed by atoms with Crippen molar-refractivity contribution >= 4 is 43.8 Å². The second kappa shape index (κ2) is 8.31. The van der Waals surface area contributed by atoms with Gasteiger partial charge in [0.25, 0.3) is 0 Å². The van der Waals surface area contributed by atoms with E-state index in [-0.39, 0.29) is 12.1 Å². The Balaban J connectivity index is 0.00000124. The van der Waals surface area contributed by atoms with Gasteiger partial charge in [-0.15, -0.1) is 12.8 Å². The molecule has 5 nitrogen and oxygen atoms in total. The Kier molecular flexibility index (Phi) is 6.14. The Morgan fingerprint density at radius 2 is 1.87 bits per heavy atom. The van der Waals surface area contributed by atoms with Crippen molar-refractivity contribution in [2.45, 2.75) is 52.8 Å². The van der Waals surface area contributed by atoms with Crippen molar-refractivity contribution in [3.8, 4) is 12.8 Å². The first kappa shape index (κ1) is 22.2. The van der Waals surface area contributed by atoms with Crippen LogP contribution in [-0.4, -0.2) is 32.6 Å². The van der Waals surface area contributed by atoms with Crippen LogP contribution in [0, 0.1) is 24.7 Å². The summed E-state index contributed by atoms with van der Waals surface area (Å²) in [5, 5.41) is 2.23. The van der Waals surface area contributed by atoms with Crippen LogP contribution >= 0.6 is 15.9 Å². The number of carbonyl (C=O) groups excluding carboxylic acids is 1. The van der Waals surface area contributed by atoms with Crippen molar-refractivity contribution in [2.75, 3.05) is 0 Å². The number of nitrogens with zero attached hydrogens (tertiary/aromatic N) is 2.